The third-order valence-electron chi connectivity index (χ3n) is 4.43. The summed E-state index contributed by atoms with van der Waals surface area (Å²) in [5.41, 5.74) is 0. The molecular weight excluding hydrogens is 274 g/mol. The van der Waals surface area contributed by atoms with Gasteiger partial charge >= 0.3 is 0 Å². The summed E-state index contributed by atoms with van der Waals surface area (Å²) >= 11 is 0. The van der Waals surface area contributed by atoms with E-state index >= 15 is 0 Å². The molecular formula is C14H29N3O2S. The Kier molecular flexibility index (Phi) is 5.84. The van der Waals surface area contributed by atoms with E-state index in [0.717, 1.165) is 45.2 Å². The summed E-state index contributed by atoms with van der Waals surface area (Å²) in [6, 6.07) is 0.184. The monoisotopic (exact) mass is 303 g/mol. The number of hydrogen-bond donors (Lipinski definition) is 2. The Morgan fingerprint density at radius 3 is 2.75 bits per heavy atom. The first-order valence-electron chi connectivity index (χ1n) is 8.05. The molecule has 118 valence electrons. The minimum Gasteiger partial charge on any atom is -0.316 e. The van der Waals surface area contributed by atoms with Crippen molar-refractivity contribution in [3.63, 3.8) is 0 Å². The lowest BCUT2D eigenvalue weighted by Gasteiger charge is -2.32. The first-order chi connectivity index (χ1) is 9.56. The van der Waals surface area contributed by atoms with Crippen molar-refractivity contribution in [3.05, 3.63) is 0 Å². The van der Waals surface area contributed by atoms with Crippen molar-refractivity contribution >= 4 is 10.2 Å². The molecule has 0 spiro atoms. The topological polar surface area (TPSA) is 61.4 Å². The summed E-state index contributed by atoms with van der Waals surface area (Å²) < 4.78 is 29.3. The minimum absolute atomic E-state index is 0.184. The van der Waals surface area contributed by atoms with Crippen molar-refractivity contribution in [1.29, 1.82) is 0 Å². The van der Waals surface area contributed by atoms with Crippen molar-refractivity contribution in [2.24, 2.45) is 11.8 Å². The lowest BCUT2D eigenvalue weighted by molar-refractivity contribution is 0.257. The van der Waals surface area contributed by atoms with Gasteiger partial charge in [-0.05, 0) is 50.6 Å². The molecule has 0 aromatic rings. The van der Waals surface area contributed by atoms with Gasteiger partial charge in [-0.1, -0.05) is 20.3 Å². The molecule has 0 aromatic heterocycles. The van der Waals surface area contributed by atoms with Crippen LogP contribution in [0.25, 0.3) is 0 Å². The summed E-state index contributed by atoms with van der Waals surface area (Å²) in [5, 5.41) is 3.40. The van der Waals surface area contributed by atoms with E-state index in [0.29, 0.717) is 24.9 Å². The van der Waals surface area contributed by atoms with Crippen molar-refractivity contribution in [2.45, 2.75) is 52.0 Å². The molecule has 0 amide bonds. The first kappa shape index (κ1) is 16.2. The van der Waals surface area contributed by atoms with Gasteiger partial charge in [-0.25, -0.2) is 0 Å². The second-order valence-electron chi connectivity index (χ2n) is 6.20. The molecule has 1 saturated carbocycles. The highest BCUT2D eigenvalue weighted by Gasteiger charge is 2.40. The van der Waals surface area contributed by atoms with Gasteiger partial charge in [0.05, 0.1) is 0 Å². The zero-order chi connectivity index (χ0) is 14.6. The molecule has 5 nitrogen and oxygen atoms in total. The molecule has 6 heteroatoms. The van der Waals surface area contributed by atoms with E-state index in [1.807, 2.05) is 0 Å². The van der Waals surface area contributed by atoms with E-state index in [1.54, 1.807) is 4.31 Å². The highest BCUT2D eigenvalue weighted by Crippen LogP contribution is 2.34. The highest BCUT2D eigenvalue weighted by molar-refractivity contribution is 7.87. The van der Waals surface area contributed by atoms with Gasteiger partial charge in [0.1, 0.15) is 0 Å². The van der Waals surface area contributed by atoms with Gasteiger partial charge in [0.25, 0.3) is 10.2 Å². The van der Waals surface area contributed by atoms with Crippen LogP contribution in [-0.4, -0.2) is 44.9 Å². The molecule has 2 fully saturated rings. The third-order valence-corrected chi connectivity index (χ3v) is 6.04. The summed E-state index contributed by atoms with van der Waals surface area (Å²) in [6.45, 7) is 7.55. The average molecular weight is 303 g/mol. The van der Waals surface area contributed by atoms with Crippen LogP contribution in [0.1, 0.15) is 46.0 Å². The molecule has 1 aliphatic heterocycles. The summed E-state index contributed by atoms with van der Waals surface area (Å²) in [4.78, 5) is 0. The van der Waals surface area contributed by atoms with Crippen LogP contribution in [0.3, 0.4) is 0 Å². The Hall–Kier alpha value is -0.170. The van der Waals surface area contributed by atoms with Gasteiger partial charge < -0.3 is 5.32 Å². The normalized spacial score (nSPS) is 31.4. The van der Waals surface area contributed by atoms with Crippen molar-refractivity contribution in [3.8, 4) is 0 Å². The molecule has 0 radical (unpaired) electrons. The van der Waals surface area contributed by atoms with E-state index < -0.39 is 10.2 Å². The van der Waals surface area contributed by atoms with Gasteiger partial charge in [-0.3, -0.25) is 0 Å². The van der Waals surface area contributed by atoms with E-state index in [9.17, 15) is 8.42 Å². The fourth-order valence-electron chi connectivity index (χ4n) is 3.00. The second kappa shape index (κ2) is 7.20. The van der Waals surface area contributed by atoms with Gasteiger partial charge in [-0.2, -0.15) is 17.4 Å². The van der Waals surface area contributed by atoms with Crippen LogP contribution in [-0.2, 0) is 10.2 Å². The Balaban J connectivity index is 1.81. The van der Waals surface area contributed by atoms with E-state index in [4.69, 9.17) is 0 Å². The Labute approximate surface area is 123 Å². The van der Waals surface area contributed by atoms with Crippen LogP contribution in [0.5, 0.6) is 0 Å². The summed E-state index contributed by atoms with van der Waals surface area (Å²) in [6.07, 6.45) is 5.29. The molecule has 2 rings (SSSR count). The standard InChI is InChI=1S/C14H29N3O2S/c1-3-7-15-10-12-6-5-8-17(11-12)20(18,19)16-14-9-13(14)4-2/h12-16H,3-11H2,1-2H3. The quantitative estimate of drug-likeness (QED) is 0.665. The number of rotatable bonds is 8. The maximum absolute atomic E-state index is 12.4. The van der Waals surface area contributed by atoms with E-state index in [-0.39, 0.29) is 6.04 Å². The Morgan fingerprint density at radius 2 is 2.10 bits per heavy atom. The highest BCUT2D eigenvalue weighted by atomic mass is 32.2. The minimum atomic E-state index is -3.27. The predicted molar refractivity (Wildman–Crippen MR) is 81.7 cm³/mol. The first-order valence-corrected chi connectivity index (χ1v) is 9.49. The molecule has 1 saturated heterocycles. The Morgan fingerprint density at radius 1 is 1.30 bits per heavy atom. The maximum atomic E-state index is 12.4. The van der Waals surface area contributed by atoms with Crippen LogP contribution < -0.4 is 10.0 Å². The van der Waals surface area contributed by atoms with Gasteiger partial charge in [0.2, 0.25) is 0 Å². The largest absolute Gasteiger partial charge is 0.316 e. The average Bonchev–Trinajstić information content (AvgIpc) is 3.17. The molecule has 1 aliphatic carbocycles. The zero-order valence-corrected chi connectivity index (χ0v) is 13.6. The van der Waals surface area contributed by atoms with Crippen molar-refractivity contribution in [1.82, 2.24) is 14.3 Å². The number of piperidine rings is 1. The molecule has 0 aromatic carbocycles. The summed E-state index contributed by atoms with van der Waals surface area (Å²) in [7, 11) is -3.27. The van der Waals surface area contributed by atoms with Crippen molar-refractivity contribution < 1.29 is 8.42 Å². The molecule has 2 aliphatic rings. The van der Waals surface area contributed by atoms with Crippen LogP contribution in [0, 0.1) is 11.8 Å². The number of hydrogen-bond acceptors (Lipinski definition) is 3. The predicted octanol–water partition coefficient (Wildman–Crippen LogP) is 1.33. The summed E-state index contributed by atoms with van der Waals surface area (Å²) in [5.74, 6) is 1.00. The van der Waals surface area contributed by atoms with Gasteiger partial charge in [-0.15, -0.1) is 0 Å². The molecule has 20 heavy (non-hydrogen) atoms. The van der Waals surface area contributed by atoms with Crippen LogP contribution in [0.15, 0.2) is 0 Å². The maximum Gasteiger partial charge on any atom is 0.279 e. The molecule has 0 bridgehead atoms. The smallest absolute Gasteiger partial charge is 0.279 e. The van der Waals surface area contributed by atoms with Crippen LogP contribution in [0.2, 0.25) is 0 Å². The van der Waals surface area contributed by atoms with Crippen LogP contribution >= 0.6 is 0 Å². The SMILES string of the molecule is CCCNCC1CCCN(S(=O)(=O)NC2CC2CC)C1. The van der Waals surface area contributed by atoms with Gasteiger partial charge in [0, 0.05) is 19.1 Å². The van der Waals surface area contributed by atoms with Crippen LogP contribution in [0.4, 0.5) is 0 Å². The molecule has 3 unspecified atom stereocenters. The van der Waals surface area contributed by atoms with Crippen molar-refractivity contribution in [2.75, 3.05) is 26.2 Å². The lowest BCUT2D eigenvalue weighted by Crippen LogP contribution is -2.48. The zero-order valence-electron chi connectivity index (χ0n) is 12.8. The molecule has 3 atom stereocenters. The molecule has 2 N–H and O–H groups in total. The fraction of sp³-hybridized carbons (Fsp3) is 1.00. The van der Waals surface area contributed by atoms with E-state index in [2.05, 4.69) is 23.9 Å². The van der Waals surface area contributed by atoms with E-state index in [1.165, 1.54) is 0 Å². The number of nitrogens with zero attached hydrogens (tertiary/aromatic N) is 1. The fourth-order valence-corrected chi connectivity index (χ4v) is 4.60. The lowest BCUT2D eigenvalue weighted by atomic mass is 10.00. The number of nitrogens with one attached hydrogen (secondary N) is 2. The second-order valence-corrected chi connectivity index (χ2v) is 7.91. The Bertz CT molecular complexity index is 399. The molecule has 1 heterocycles. The third kappa shape index (κ3) is 4.41. The van der Waals surface area contributed by atoms with Gasteiger partial charge in [0.15, 0.2) is 0 Å².